The molecule has 1 aliphatic rings. The van der Waals surface area contributed by atoms with Crippen LogP contribution in [0.3, 0.4) is 0 Å². The van der Waals surface area contributed by atoms with Crippen molar-refractivity contribution >= 4 is 40.5 Å². The van der Waals surface area contributed by atoms with Gasteiger partial charge in [0, 0.05) is 25.1 Å². The van der Waals surface area contributed by atoms with Crippen LogP contribution in [-0.2, 0) is 23.9 Å². The largest absolute Gasteiger partial charge is 0.457 e. The van der Waals surface area contributed by atoms with E-state index in [2.05, 4.69) is 21.0 Å². The molecule has 1 fully saturated rings. The maximum atomic E-state index is 13.1. The SMILES string of the molecule is C/C=C/c1cc2cc([C@@H](C)OC(=O)C3CCCN(C(=O)C(C)NC(=O)C(NC(C)=O)C(C)C)N3)ccc2cn1. The van der Waals surface area contributed by atoms with Gasteiger partial charge in [0.25, 0.3) is 5.91 Å². The van der Waals surface area contributed by atoms with Crippen molar-refractivity contribution in [3.63, 3.8) is 0 Å². The first-order valence-corrected chi connectivity index (χ1v) is 13.4. The van der Waals surface area contributed by atoms with Crippen molar-refractivity contribution in [2.45, 2.75) is 78.6 Å². The molecule has 1 saturated heterocycles. The molecule has 39 heavy (non-hydrogen) atoms. The predicted octanol–water partition coefficient (Wildman–Crippen LogP) is 3.03. The molecule has 210 valence electrons. The molecule has 3 amide bonds. The second-order valence-electron chi connectivity index (χ2n) is 10.3. The minimum absolute atomic E-state index is 0.153. The normalized spacial score (nSPS) is 18.0. The molecule has 10 nitrogen and oxygen atoms in total. The van der Waals surface area contributed by atoms with E-state index in [-0.39, 0.29) is 17.7 Å². The Hall–Kier alpha value is -3.79. The highest BCUT2D eigenvalue weighted by atomic mass is 16.5. The summed E-state index contributed by atoms with van der Waals surface area (Å²) in [5, 5.41) is 8.65. The molecule has 3 rings (SSSR count). The predicted molar refractivity (Wildman–Crippen MR) is 149 cm³/mol. The van der Waals surface area contributed by atoms with Crippen molar-refractivity contribution in [3.05, 3.63) is 47.8 Å². The van der Waals surface area contributed by atoms with Gasteiger partial charge in [0.05, 0.1) is 5.69 Å². The van der Waals surface area contributed by atoms with Crippen LogP contribution >= 0.6 is 0 Å². The van der Waals surface area contributed by atoms with Gasteiger partial charge < -0.3 is 15.4 Å². The number of esters is 1. The minimum Gasteiger partial charge on any atom is -0.457 e. The Balaban J connectivity index is 1.61. The van der Waals surface area contributed by atoms with Crippen molar-refractivity contribution in [1.82, 2.24) is 26.1 Å². The number of rotatable bonds is 9. The van der Waals surface area contributed by atoms with Gasteiger partial charge in [0.1, 0.15) is 24.2 Å². The molecule has 10 heteroatoms. The number of carbonyl (C=O) groups excluding carboxylic acids is 4. The van der Waals surface area contributed by atoms with E-state index >= 15 is 0 Å². The molecule has 1 aliphatic heterocycles. The van der Waals surface area contributed by atoms with E-state index in [4.69, 9.17) is 4.74 Å². The van der Waals surface area contributed by atoms with Gasteiger partial charge in [0.15, 0.2) is 0 Å². The summed E-state index contributed by atoms with van der Waals surface area (Å²) in [4.78, 5) is 54.6. The van der Waals surface area contributed by atoms with Gasteiger partial charge in [0.2, 0.25) is 11.8 Å². The summed E-state index contributed by atoms with van der Waals surface area (Å²) in [6.45, 7) is 10.7. The molecule has 0 spiro atoms. The molecular formula is C29H39N5O5. The molecule has 1 aromatic carbocycles. The van der Waals surface area contributed by atoms with Crippen LogP contribution in [0.4, 0.5) is 0 Å². The van der Waals surface area contributed by atoms with Crippen LogP contribution < -0.4 is 16.1 Å². The number of amides is 3. The lowest BCUT2D eigenvalue weighted by molar-refractivity contribution is -0.157. The van der Waals surface area contributed by atoms with Crippen molar-refractivity contribution in [2.75, 3.05) is 6.54 Å². The second-order valence-corrected chi connectivity index (χ2v) is 10.3. The number of aromatic nitrogens is 1. The van der Waals surface area contributed by atoms with Gasteiger partial charge in [-0.05, 0) is 68.7 Å². The van der Waals surface area contributed by atoms with Crippen LogP contribution in [0.5, 0.6) is 0 Å². The van der Waals surface area contributed by atoms with E-state index < -0.39 is 36.1 Å². The van der Waals surface area contributed by atoms with Gasteiger partial charge >= 0.3 is 5.97 Å². The first-order valence-electron chi connectivity index (χ1n) is 13.4. The number of pyridine rings is 1. The fourth-order valence-corrected chi connectivity index (χ4v) is 4.48. The lowest BCUT2D eigenvalue weighted by Gasteiger charge is -2.35. The number of nitrogens with zero attached hydrogens (tertiary/aromatic N) is 2. The van der Waals surface area contributed by atoms with Crippen LogP contribution in [0, 0.1) is 5.92 Å². The number of fused-ring (bicyclic) bond motifs is 1. The Morgan fingerprint density at radius 1 is 1.10 bits per heavy atom. The highest BCUT2D eigenvalue weighted by Crippen LogP contribution is 2.24. The quantitative estimate of drug-likeness (QED) is 0.419. The van der Waals surface area contributed by atoms with Crippen LogP contribution in [0.25, 0.3) is 16.8 Å². The van der Waals surface area contributed by atoms with E-state index in [0.29, 0.717) is 19.4 Å². The van der Waals surface area contributed by atoms with Gasteiger partial charge in [-0.1, -0.05) is 32.1 Å². The molecule has 4 atom stereocenters. The Kier molecular flexibility index (Phi) is 10.2. The van der Waals surface area contributed by atoms with Crippen LogP contribution in [0.1, 0.15) is 71.7 Å². The number of allylic oxidation sites excluding steroid dienone is 1. The zero-order valence-electron chi connectivity index (χ0n) is 23.5. The van der Waals surface area contributed by atoms with Gasteiger partial charge in [-0.2, -0.15) is 0 Å². The number of carbonyl (C=O) groups is 4. The molecule has 2 aromatic rings. The van der Waals surface area contributed by atoms with E-state index in [1.165, 1.54) is 11.9 Å². The van der Waals surface area contributed by atoms with Crippen LogP contribution in [-0.4, -0.2) is 58.4 Å². The summed E-state index contributed by atoms with van der Waals surface area (Å²) in [5.74, 6) is -1.74. The maximum absolute atomic E-state index is 13.1. The lowest BCUT2D eigenvalue weighted by Crippen LogP contribution is -2.60. The third kappa shape index (κ3) is 7.86. The monoisotopic (exact) mass is 537 g/mol. The van der Waals surface area contributed by atoms with Gasteiger partial charge in [-0.15, -0.1) is 0 Å². The summed E-state index contributed by atoms with van der Waals surface area (Å²) in [7, 11) is 0. The summed E-state index contributed by atoms with van der Waals surface area (Å²) in [6, 6.07) is 5.54. The van der Waals surface area contributed by atoms with Crippen molar-refractivity contribution in [3.8, 4) is 0 Å². The number of hydrogen-bond donors (Lipinski definition) is 3. The summed E-state index contributed by atoms with van der Waals surface area (Å²) in [6.07, 6.45) is 6.29. The lowest BCUT2D eigenvalue weighted by atomic mass is 10.0. The molecule has 0 radical (unpaired) electrons. The number of hydrazine groups is 1. The topological polar surface area (TPSA) is 130 Å². The fourth-order valence-electron chi connectivity index (χ4n) is 4.48. The van der Waals surface area contributed by atoms with E-state index in [1.54, 1.807) is 6.92 Å². The standard InChI is InChI=1S/C29H39N5O5/c1-7-9-24-15-23-14-21(11-12-22(23)16-30-24)19(5)39-29(38)25-10-8-13-34(33-25)28(37)18(4)31-27(36)26(17(2)3)32-20(6)35/h7,9,11-12,14-19,25-26,33H,8,10,13H2,1-6H3,(H,31,36)(H,32,35)/b9-7+/t18?,19-,25?,26?/m1/s1. The van der Waals surface area contributed by atoms with E-state index in [9.17, 15) is 19.2 Å². The first-order chi connectivity index (χ1) is 18.5. The van der Waals surface area contributed by atoms with E-state index in [0.717, 1.165) is 22.0 Å². The van der Waals surface area contributed by atoms with Crippen molar-refractivity contribution in [1.29, 1.82) is 0 Å². The molecule has 0 saturated carbocycles. The van der Waals surface area contributed by atoms with Crippen LogP contribution in [0.2, 0.25) is 0 Å². The molecule has 0 aliphatic carbocycles. The number of ether oxygens (including phenoxy) is 1. The molecule has 3 unspecified atom stereocenters. The smallest absolute Gasteiger partial charge is 0.325 e. The molecule has 3 N–H and O–H groups in total. The maximum Gasteiger partial charge on any atom is 0.325 e. The van der Waals surface area contributed by atoms with Gasteiger partial charge in [-0.25, -0.2) is 5.43 Å². The molecule has 2 heterocycles. The summed E-state index contributed by atoms with van der Waals surface area (Å²) in [5.41, 5.74) is 4.68. The molecule has 1 aromatic heterocycles. The summed E-state index contributed by atoms with van der Waals surface area (Å²) < 4.78 is 5.77. The fraction of sp³-hybridized carbons (Fsp3) is 0.483. The molecular weight excluding hydrogens is 498 g/mol. The Morgan fingerprint density at radius 2 is 1.85 bits per heavy atom. The second kappa shape index (κ2) is 13.3. The number of nitrogens with one attached hydrogen (secondary N) is 3. The van der Waals surface area contributed by atoms with Crippen molar-refractivity contribution in [2.24, 2.45) is 5.92 Å². The highest BCUT2D eigenvalue weighted by Gasteiger charge is 2.33. The van der Waals surface area contributed by atoms with Gasteiger partial charge in [-0.3, -0.25) is 29.2 Å². The zero-order valence-corrected chi connectivity index (χ0v) is 23.5. The summed E-state index contributed by atoms with van der Waals surface area (Å²) >= 11 is 0. The van der Waals surface area contributed by atoms with E-state index in [1.807, 2.05) is 70.3 Å². The minimum atomic E-state index is -0.853. The first kappa shape index (κ1) is 29.8. The van der Waals surface area contributed by atoms with Crippen LogP contribution in [0.15, 0.2) is 36.5 Å². The average molecular weight is 538 g/mol. The van der Waals surface area contributed by atoms with Crippen molar-refractivity contribution < 1.29 is 23.9 Å². The number of benzene rings is 1. The Morgan fingerprint density at radius 3 is 2.51 bits per heavy atom. The average Bonchev–Trinajstić information content (AvgIpc) is 2.90. The number of hydrogen-bond acceptors (Lipinski definition) is 7. The third-order valence-corrected chi connectivity index (χ3v) is 6.64. The highest BCUT2D eigenvalue weighted by molar-refractivity contribution is 5.92. The third-order valence-electron chi connectivity index (χ3n) is 6.64. The Labute approximate surface area is 229 Å². The zero-order chi connectivity index (χ0) is 28.7. The molecule has 0 bridgehead atoms. The Bertz CT molecular complexity index is 1240.